The summed E-state index contributed by atoms with van der Waals surface area (Å²) < 4.78 is 13.6. The SMILES string of the molecule is CN(Cc1ccccc1F)C(=O)[C@H](N)c1ccccc1. The molecule has 0 aromatic heterocycles. The van der Waals surface area contributed by atoms with E-state index in [4.69, 9.17) is 5.73 Å². The van der Waals surface area contributed by atoms with Gasteiger partial charge in [-0.2, -0.15) is 0 Å². The van der Waals surface area contributed by atoms with Gasteiger partial charge in [-0.3, -0.25) is 4.79 Å². The lowest BCUT2D eigenvalue weighted by atomic mass is 10.1. The summed E-state index contributed by atoms with van der Waals surface area (Å²) in [6, 6.07) is 14.8. The molecule has 0 heterocycles. The molecule has 0 fully saturated rings. The van der Waals surface area contributed by atoms with Gasteiger partial charge in [0, 0.05) is 19.2 Å². The molecule has 0 radical (unpaired) electrons. The van der Waals surface area contributed by atoms with E-state index in [1.807, 2.05) is 18.2 Å². The van der Waals surface area contributed by atoms with Gasteiger partial charge in [-0.05, 0) is 11.6 Å². The van der Waals surface area contributed by atoms with Gasteiger partial charge in [0.1, 0.15) is 11.9 Å². The molecule has 3 nitrogen and oxygen atoms in total. The number of halogens is 1. The highest BCUT2D eigenvalue weighted by atomic mass is 19.1. The predicted molar refractivity (Wildman–Crippen MR) is 76.2 cm³/mol. The second-order valence-corrected chi connectivity index (χ2v) is 4.67. The van der Waals surface area contributed by atoms with Crippen LogP contribution in [0, 0.1) is 5.82 Å². The van der Waals surface area contributed by atoms with E-state index in [1.165, 1.54) is 11.0 Å². The maximum absolute atomic E-state index is 13.6. The van der Waals surface area contributed by atoms with Crippen LogP contribution in [0.5, 0.6) is 0 Å². The third kappa shape index (κ3) is 3.22. The summed E-state index contributed by atoms with van der Waals surface area (Å²) in [5.41, 5.74) is 7.17. The fraction of sp³-hybridized carbons (Fsp3) is 0.188. The molecule has 0 spiro atoms. The first kappa shape index (κ1) is 14.2. The number of nitrogens with two attached hydrogens (primary N) is 1. The molecule has 0 bridgehead atoms. The Balaban J connectivity index is 2.08. The normalized spacial score (nSPS) is 11.9. The van der Waals surface area contributed by atoms with Gasteiger partial charge in [-0.1, -0.05) is 48.5 Å². The Morgan fingerprint density at radius 3 is 2.40 bits per heavy atom. The second kappa shape index (κ2) is 6.30. The van der Waals surface area contributed by atoms with Crippen LogP contribution in [0.4, 0.5) is 4.39 Å². The molecule has 2 N–H and O–H groups in total. The maximum atomic E-state index is 13.6. The van der Waals surface area contributed by atoms with E-state index >= 15 is 0 Å². The first-order valence-electron chi connectivity index (χ1n) is 6.38. The molecule has 104 valence electrons. The van der Waals surface area contributed by atoms with Gasteiger partial charge in [0.05, 0.1) is 0 Å². The summed E-state index contributed by atoms with van der Waals surface area (Å²) in [6.45, 7) is 0.200. The standard InChI is InChI=1S/C16H17FN2O/c1-19(11-13-9-5-6-10-14(13)17)16(20)15(18)12-7-3-2-4-8-12/h2-10,15H,11,18H2,1H3/t15-/m1/s1. The van der Waals surface area contributed by atoms with Gasteiger partial charge < -0.3 is 10.6 Å². The minimum absolute atomic E-state index is 0.200. The molecule has 0 aliphatic heterocycles. The lowest BCUT2D eigenvalue weighted by Gasteiger charge is -2.21. The molecule has 2 aromatic carbocycles. The number of hydrogen-bond donors (Lipinski definition) is 1. The van der Waals surface area contributed by atoms with Crippen LogP contribution in [0.3, 0.4) is 0 Å². The Morgan fingerprint density at radius 1 is 1.15 bits per heavy atom. The molecule has 0 aliphatic rings. The summed E-state index contributed by atoms with van der Waals surface area (Å²) in [4.78, 5) is 13.7. The summed E-state index contributed by atoms with van der Waals surface area (Å²) in [6.07, 6.45) is 0. The van der Waals surface area contributed by atoms with Crippen molar-refractivity contribution >= 4 is 5.91 Å². The van der Waals surface area contributed by atoms with Gasteiger partial charge in [-0.15, -0.1) is 0 Å². The van der Waals surface area contributed by atoms with Gasteiger partial charge in [-0.25, -0.2) is 4.39 Å². The van der Waals surface area contributed by atoms with Crippen LogP contribution < -0.4 is 5.73 Å². The molecular formula is C16H17FN2O. The van der Waals surface area contributed by atoms with Crippen LogP contribution in [0.1, 0.15) is 17.2 Å². The zero-order valence-electron chi connectivity index (χ0n) is 11.3. The highest BCUT2D eigenvalue weighted by molar-refractivity contribution is 5.82. The first-order chi connectivity index (χ1) is 9.59. The summed E-state index contributed by atoms with van der Waals surface area (Å²) in [5, 5.41) is 0. The average Bonchev–Trinajstić information content (AvgIpc) is 2.49. The van der Waals surface area contributed by atoms with E-state index in [1.54, 1.807) is 37.4 Å². The highest BCUT2D eigenvalue weighted by Gasteiger charge is 2.20. The Bertz CT molecular complexity index is 586. The highest BCUT2D eigenvalue weighted by Crippen LogP contribution is 2.15. The van der Waals surface area contributed by atoms with Crippen molar-refractivity contribution in [2.45, 2.75) is 12.6 Å². The summed E-state index contributed by atoms with van der Waals surface area (Å²) >= 11 is 0. The zero-order valence-corrected chi connectivity index (χ0v) is 11.3. The molecule has 0 saturated heterocycles. The number of amides is 1. The average molecular weight is 272 g/mol. The van der Waals surface area contributed by atoms with Gasteiger partial charge in [0.25, 0.3) is 0 Å². The summed E-state index contributed by atoms with van der Waals surface area (Å²) in [7, 11) is 1.62. The zero-order chi connectivity index (χ0) is 14.5. The quantitative estimate of drug-likeness (QED) is 0.929. The number of hydrogen-bond acceptors (Lipinski definition) is 2. The van der Waals surface area contributed by atoms with E-state index in [2.05, 4.69) is 0 Å². The van der Waals surface area contributed by atoms with Crippen LogP contribution >= 0.6 is 0 Å². The number of benzene rings is 2. The second-order valence-electron chi connectivity index (χ2n) is 4.67. The topological polar surface area (TPSA) is 46.3 Å². The van der Waals surface area contributed by atoms with E-state index in [9.17, 15) is 9.18 Å². The largest absolute Gasteiger partial charge is 0.340 e. The lowest BCUT2D eigenvalue weighted by molar-refractivity contribution is -0.132. The Morgan fingerprint density at radius 2 is 1.75 bits per heavy atom. The third-order valence-electron chi connectivity index (χ3n) is 3.17. The van der Waals surface area contributed by atoms with Crippen molar-refractivity contribution in [1.82, 2.24) is 4.90 Å². The van der Waals surface area contributed by atoms with Gasteiger partial charge in [0.15, 0.2) is 0 Å². The Hall–Kier alpha value is -2.20. The molecule has 2 aromatic rings. The Kier molecular flexibility index (Phi) is 4.48. The number of rotatable bonds is 4. The molecular weight excluding hydrogens is 255 g/mol. The molecule has 1 amide bonds. The minimum atomic E-state index is -0.729. The lowest BCUT2D eigenvalue weighted by Crippen LogP contribution is -2.35. The minimum Gasteiger partial charge on any atom is -0.340 e. The van der Waals surface area contributed by atoms with Gasteiger partial charge in [0.2, 0.25) is 5.91 Å². The van der Waals surface area contributed by atoms with Crippen LogP contribution in [0.15, 0.2) is 54.6 Å². The van der Waals surface area contributed by atoms with Crippen molar-refractivity contribution in [1.29, 1.82) is 0 Å². The van der Waals surface area contributed by atoms with Crippen molar-refractivity contribution in [2.75, 3.05) is 7.05 Å². The molecule has 0 aliphatic carbocycles. The first-order valence-corrected chi connectivity index (χ1v) is 6.38. The number of nitrogens with zero attached hydrogens (tertiary/aromatic N) is 1. The van der Waals surface area contributed by atoms with Gasteiger partial charge >= 0.3 is 0 Å². The van der Waals surface area contributed by atoms with Crippen LogP contribution in [-0.4, -0.2) is 17.9 Å². The number of carbonyl (C=O) groups excluding carboxylic acids is 1. The van der Waals surface area contributed by atoms with Crippen molar-refractivity contribution in [3.05, 3.63) is 71.5 Å². The monoisotopic (exact) mass is 272 g/mol. The van der Waals surface area contributed by atoms with E-state index < -0.39 is 6.04 Å². The van der Waals surface area contributed by atoms with E-state index in [0.717, 1.165) is 5.56 Å². The van der Waals surface area contributed by atoms with Crippen molar-refractivity contribution in [3.8, 4) is 0 Å². The smallest absolute Gasteiger partial charge is 0.244 e. The predicted octanol–water partition coefficient (Wildman–Crippen LogP) is 2.48. The van der Waals surface area contributed by atoms with E-state index in [-0.39, 0.29) is 18.3 Å². The molecule has 4 heteroatoms. The van der Waals surface area contributed by atoms with Crippen molar-refractivity contribution < 1.29 is 9.18 Å². The van der Waals surface area contributed by atoms with Crippen LogP contribution in [0.2, 0.25) is 0 Å². The molecule has 2 rings (SSSR count). The van der Waals surface area contributed by atoms with Crippen LogP contribution in [0.25, 0.3) is 0 Å². The summed E-state index contributed by atoms with van der Waals surface area (Å²) in [5.74, 6) is -0.556. The van der Waals surface area contributed by atoms with Crippen LogP contribution in [-0.2, 0) is 11.3 Å². The number of carbonyl (C=O) groups is 1. The maximum Gasteiger partial charge on any atom is 0.244 e. The fourth-order valence-corrected chi connectivity index (χ4v) is 2.00. The molecule has 0 unspecified atom stereocenters. The van der Waals surface area contributed by atoms with Crippen molar-refractivity contribution in [2.24, 2.45) is 5.73 Å². The number of likely N-dealkylation sites (N-methyl/N-ethyl adjacent to an activating group) is 1. The molecule has 0 saturated carbocycles. The van der Waals surface area contributed by atoms with E-state index in [0.29, 0.717) is 5.56 Å². The molecule has 20 heavy (non-hydrogen) atoms. The fourth-order valence-electron chi connectivity index (χ4n) is 2.00. The third-order valence-corrected chi connectivity index (χ3v) is 3.17. The Labute approximate surface area is 117 Å². The molecule has 1 atom stereocenters. The van der Waals surface area contributed by atoms with Crippen molar-refractivity contribution in [3.63, 3.8) is 0 Å².